The van der Waals surface area contributed by atoms with E-state index in [0.29, 0.717) is 6.42 Å². The van der Waals surface area contributed by atoms with E-state index in [0.717, 1.165) is 41.6 Å². The number of amides is 1. The maximum absolute atomic E-state index is 11.7. The van der Waals surface area contributed by atoms with Gasteiger partial charge in [-0.25, -0.2) is 4.98 Å². The van der Waals surface area contributed by atoms with Crippen LogP contribution < -0.4 is 10.2 Å². The average Bonchev–Trinajstić information content (AvgIpc) is 3.03. The predicted molar refractivity (Wildman–Crippen MR) is 86.9 cm³/mol. The minimum absolute atomic E-state index is 0.228. The number of hydrogen-bond donors (Lipinski definition) is 1. The third kappa shape index (κ3) is 3.08. The molecule has 0 aliphatic carbocycles. The maximum Gasteiger partial charge on any atom is 0.227 e. The van der Waals surface area contributed by atoms with Gasteiger partial charge in [-0.2, -0.15) is 0 Å². The summed E-state index contributed by atoms with van der Waals surface area (Å²) in [5.74, 6) is 0.228. The van der Waals surface area contributed by atoms with Gasteiger partial charge in [0, 0.05) is 29.2 Å². The molecular weight excluding hydrogens is 282 g/mol. The number of carbonyl (C=O) groups excluding carboxylic acids is 1. The number of aryl methyl sites for hydroxylation is 2. The van der Waals surface area contributed by atoms with E-state index in [4.69, 9.17) is 0 Å². The van der Waals surface area contributed by atoms with Crippen LogP contribution in [0.4, 0.5) is 11.4 Å². The Morgan fingerprint density at radius 3 is 2.62 bits per heavy atom. The van der Waals surface area contributed by atoms with Gasteiger partial charge in [0.2, 0.25) is 5.91 Å². The van der Waals surface area contributed by atoms with Crippen molar-refractivity contribution >= 4 is 28.6 Å². The molecule has 1 N–H and O–H groups in total. The molecule has 0 saturated carbocycles. The molecule has 0 atom stereocenters. The first-order valence-corrected chi connectivity index (χ1v) is 8.02. The molecule has 1 saturated heterocycles. The summed E-state index contributed by atoms with van der Waals surface area (Å²) < 4.78 is 0. The molecule has 1 aromatic carbocycles. The van der Waals surface area contributed by atoms with Gasteiger partial charge < -0.3 is 10.2 Å². The smallest absolute Gasteiger partial charge is 0.227 e. The van der Waals surface area contributed by atoms with Crippen LogP contribution in [-0.2, 0) is 11.3 Å². The lowest BCUT2D eigenvalue weighted by atomic mass is 10.2. The number of carbonyl (C=O) groups is 1. The minimum Gasteiger partial charge on any atom is -0.380 e. The highest BCUT2D eigenvalue weighted by molar-refractivity contribution is 7.11. The van der Waals surface area contributed by atoms with Gasteiger partial charge in [0.05, 0.1) is 17.2 Å². The van der Waals surface area contributed by atoms with Crippen LogP contribution in [0.25, 0.3) is 0 Å². The largest absolute Gasteiger partial charge is 0.380 e. The Hall–Kier alpha value is -1.88. The molecule has 1 aliphatic rings. The summed E-state index contributed by atoms with van der Waals surface area (Å²) in [7, 11) is 0. The van der Waals surface area contributed by atoms with Gasteiger partial charge in [-0.15, -0.1) is 11.3 Å². The molecule has 0 radical (unpaired) electrons. The zero-order chi connectivity index (χ0) is 14.8. The van der Waals surface area contributed by atoms with Crippen LogP contribution in [0.1, 0.15) is 28.4 Å². The summed E-state index contributed by atoms with van der Waals surface area (Å²) in [6.45, 7) is 5.70. The summed E-state index contributed by atoms with van der Waals surface area (Å²) in [4.78, 5) is 19.3. The average molecular weight is 301 g/mol. The Labute approximate surface area is 128 Å². The normalized spacial score (nSPS) is 14.8. The lowest BCUT2D eigenvalue weighted by molar-refractivity contribution is -0.117. The van der Waals surface area contributed by atoms with Crippen molar-refractivity contribution < 1.29 is 4.79 Å². The van der Waals surface area contributed by atoms with Crippen molar-refractivity contribution in [1.29, 1.82) is 0 Å². The zero-order valence-electron chi connectivity index (χ0n) is 12.3. The Bertz CT molecular complexity index is 648. The summed E-state index contributed by atoms with van der Waals surface area (Å²) in [6.07, 6.45) is 1.63. The Morgan fingerprint density at radius 2 is 2.05 bits per heavy atom. The zero-order valence-corrected chi connectivity index (χ0v) is 13.2. The lowest BCUT2D eigenvalue weighted by Crippen LogP contribution is -2.23. The van der Waals surface area contributed by atoms with Crippen LogP contribution in [0.3, 0.4) is 0 Å². The number of hydrogen-bond acceptors (Lipinski definition) is 4. The summed E-state index contributed by atoms with van der Waals surface area (Å²) in [6, 6.07) is 8.08. The highest BCUT2D eigenvalue weighted by atomic mass is 32.1. The second-order valence-corrected chi connectivity index (χ2v) is 6.58. The number of anilines is 2. The molecular formula is C16H19N3OS. The molecule has 1 aliphatic heterocycles. The van der Waals surface area contributed by atoms with Gasteiger partial charge in [0.25, 0.3) is 0 Å². The van der Waals surface area contributed by atoms with Crippen molar-refractivity contribution in [1.82, 2.24) is 4.98 Å². The molecule has 110 valence electrons. The first-order chi connectivity index (χ1) is 10.1. The quantitative estimate of drug-likeness (QED) is 0.940. The van der Waals surface area contributed by atoms with Gasteiger partial charge in [-0.3, -0.25) is 4.79 Å². The van der Waals surface area contributed by atoms with E-state index in [9.17, 15) is 4.79 Å². The molecule has 1 aromatic heterocycles. The molecule has 2 aromatic rings. The molecule has 3 rings (SSSR count). The molecule has 2 heterocycles. The molecule has 0 bridgehead atoms. The summed E-state index contributed by atoms with van der Waals surface area (Å²) >= 11 is 1.73. The Balaban J connectivity index is 1.64. The van der Waals surface area contributed by atoms with E-state index in [1.807, 2.05) is 43.0 Å². The van der Waals surface area contributed by atoms with Crippen molar-refractivity contribution in [2.24, 2.45) is 0 Å². The number of nitrogens with one attached hydrogen (secondary N) is 1. The Morgan fingerprint density at radius 1 is 1.29 bits per heavy atom. The second kappa shape index (κ2) is 5.85. The molecule has 1 amide bonds. The number of nitrogens with zero attached hydrogens (tertiary/aromatic N) is 2. The fourth-order valence-corrected chi connectivity index (χ4v) is 3.48. The van der Waals surface area contributed by atoms with Gasteiger partial charge in [0.15, 0.2) is 0 Å². The van der Waals surface area contributed by atoms with Crippen molar-refractivity contribution in [2.45, 2.75) is 33.2 Å². The molecule has 0 spiro atoms. The van der Waals surface area contributed by atoms with Crippen LogP contribution in [0.15, 0.2) is 24.3 Å². The van der Waals surface area contributed by atoms with Crippen LogP contribution in [-0.4, -0.2) is 17.4 Å². The molecule has 4 nitrogen and oxygen atoms in total. The van der Waals surface area contributed by atoms with E-state index in [1.165, 1.54) is 4.88 Å². The standard InChI is InChI=1S/C16H19N3OS/c1-11-15(21-12(2)18-11)10-17-13-5-7-14(8-6-13)19-9-3-4-16(19)20/h5-8,17H,3-4,9-10H2,1-2H3. The molecule has 5 heteroatoms. The number of aromatic nitrogens is 1. The van der Waals surface area contributed by atoms with Gasteiger partial charge in [0.1, 0.15) is 0 Å². The van der Waals surface area contributed by atoms with Crippen molar-refractivity contribution in [3.63, 3.8) is 0 Å². The topological polar surface area (TPSA) is 45.2 Å². The maximum atomic E-state index is 11.7. The molecule has 0 unspecified atom stereocenters. The third-order valence-electron chi connectivity index (χ3n) is 3.71. The van der Waals surface area contributed by atoms with E-state index in [1.54, 1.807) is 11.3 Å². The SMILES string of the molecule is Cc1nc(C)c(CNc2ccc(N3CCCC3=O)cc2)s1. The fraction of sp³-hybridized carbons (Fsp3) is 0.375. The van der Waals surface area contributed by atoms with Crippen molar-refractivity contribution in [2.75, 3.05) is 16.8 Å². The Kier molecular flexibility index (Phi) is 3.92. The number of benzene rings is 1. The fourth-order valence-electron chi connectivity index (χ4n) is 2.60. The molecule has 1 fully saturated rings. The lowest BCUT2D eigenvalue weighted by Gasteiger charge is -2.16. The minimum atomic E-state index is 0.228. The first-order valence-electron chi connectivity index (χ1n) is 7.21. The summed E-state index contributed by atoms with van der Waals surface area (Å²) in [5, 5.41) is 4.51. The van der Waals surface area contributed by atoms with E-state index in [-0.39, 0.29) is 5.91 Å². The summed E-state index contributed by atoms with van der Waals surface area (Å²) in [5.41, 5.74) is 3.16. The van der Waals surface area contributed by atoms with Crippen molar-refractivity contribution in [3.05, 3.63) is 39.8 Å². The van der Waals surface area contributed by atoms with E-state index < -0.39 is 0 Å². The monoisotopic (exact) mass is 301 g/mol. The number of thiazole rings is 1. The highest BCUT2D eigenvalue weighted by Gasteiger charge is 2.21. The van der Waals surface area contributed by atoms with Gasteiger partial charge in [-0.05, 0) is 44.5 Å². The van der Waals surface area contributed by atoms with Gasteiger partial charge >= 0.3 is 0 Å². The van der Waals surface area contributed by atoms with Crippen LogP contribution in [0.2, 0.25) is 0 Å². The number of rotatable bonds is 4. The van der Waals surface area contributed by atoms with E-state index >= 15 is 0 Å². The molecule has 21 heavy (non-hydrogen) atoms. The van der Waals surface area contributed by atoms with Crippen LogP contribution in [0, 0.1) is 13.8 Å². The second-order valence-electron chi connectivity index (χ2n) is 5.29. The van der Waals surface area contributed by atoms with E-state index in [2.05, 4.69) is 10.3 Å². The van der Waals surface area contributed by atoms with Crippen LogP contribution >= 0.6 is 11.3 Å². The van der Waals surface area contributed by atoms with Gasteiger partial charge in [-0.1, -0.05) is 0 Å². The third-order valence-corrected chi connectivity index (χ3v) is 4.78. The highest BCUT2D eigenvalue weighted by Crippen LogP contribution is 2.24. The van der Waals surface area contributed by atoms with Crippen LogP contribution in [0.5, 0.6) is 0 Å². The predicted octanol–water partition coefficient (Wildman–Crippen LogP) is 3.50. The van der Waals surface area contributed by atoms with Crippen molar-refractivity contribution in [3.8, 4) is 0 Å². The first kappa shape index (κ1) is 14.1.